The zero-order valence-electron chi connectivity index (χ0n) is 17.3. The number of hydrogen-bond donors (Lipinski definition) is 0. The van der Waals surface area contributed by atoms with E-state index in [0.29, 0.717) is 22.2 Å². The van der Waals surface area contributed by atoms with E-state index in [-0.39, 0.29) is 16.2 Å². The molecule has 7 heteroatoms. The largest absolute Gasteiger partial charge is 0.496 e. The number of nitrogens with zero attached hydrogens (tertiary/aromatic N) is 1. The molecule has 31 heavy (non-hydrogen) atoms. The Labute approximate surface area is 180 Å². The SMILES string of the molecule is COc1ccccc1-c1c(OS(=O)(=O)c2ccc(C)cc2)c2ccccc2n(C)c1=O. The fourth-order valence-electron chi connectivity index (χ4n) is 3.51. The van der Waals surface area contributed by atoms with Crippen LogP contribution in [0.5, 0.6) is 11.5 Å². The summed E-state index contributed by atoms with van der Waals surface area (Å²) in [5.74, 6) is 0.413. The Bertz CT molecular complexity index is 1440. The average Bonchev–Trinajstić information content (AvgIpc) is 2.78. The van der Waals surface area contributed by atoms with Gasteiger partial charge in [-0.3, -0.25) is 4.79 Å². The van der Waals surface area contributed by atoms with Crippen molar-refractivity contribution in [2.24, 2.45) is 7.05 Å². The van der Waals surface area contributed by atoms with Gasteiger partial charge in [-0.15, -0.1) is 0 Å². The standard InChI is InChI=1S/C24H21NO5S/c1-16-12-14-17(15-13-16)31(27,28)30-23-18-8-4-6-10-20(18)25(2)24(26)22(23)19-9-5-7-11-21(19)29-3/h4-15H,1-3H3. The summed E-state index contributed by atoms with van der Waals surface area (Å²) in [5.41, 5.74) is 1.66. The molecule has 0 unspecified atom stereocenters. The molecule has 0 bridgehead atoms. The van der Waals surface area contributed by atoms with Crippen molar-refractivity contribution in [3.8, 4) is 22.6 Å². The monoisotopic (exact) mass is 435 g/mol. The van der Waals surface area contributed by atoms with Crippen molar-refractivity contribution in [1.82, 2.24) is 4.57 Å². The summed E-state index contributed by atoms with van der Waals surface area (Å²) in [5, 5.41) is 0.501. The number of aromatic nitrogens is 1. The lowest BCUT2D eigenvalue weighted by molar-refractivity contribution is 0.416. The first-order valence-corrected chi connectivity index (χ1v) is 11.0. The molecule has 158 valence electrons. The fraction of sp³-hybridized carbons (Fsp3) is 0.125. The number of rotatable bonds is 5. The Balaban J connectivity index is 2.05. The van der Waals surface area contributed by atoms with Crippen LogP contribution in [0.3, 0.4) is 0 Å². The summed E-state index contributed by atoms with van der Waals surface area (Å²) in [4.78, 5) is 13.4. The highest BCUT2D eigenvalue weighted by Gasteiger charge is 2.26. The molecular formula is C24H21NO5S. The molecular weight excluding hydrogens is 414 g/mol. The molecule has 4 aromatic rings. The smallest absolute Gasteiger partial charge is 0.339 e. The number of methoxy groups -OCH3 is 1. The van der Waals surface area contributed by atoms with Crippen LogP contribution in [0.25, 0.3) is 22.0 Å². The van der Waals surface area contributed by atoms with E-state index in [1.165, 1.54) is 23.8 Å². The zero-order valence-corrected chi connectivity index (χ0v) is 18.1. The second-order valence-corrected chi connectivity index (χ2v) is 8.68. The Morgan fingerprint density at radius 3 is 2.23 bits per heavy atom. The number of ether oxygens (including phenoxy) is 1. The molecule has 3 aromatic carbocycles. The van der Waals surface area contributed by atoms with Gasteiger partial charge in [-0.2, -0.15) is 8.42 Å². The lowest BCUT2D eigenvalue weighted by Gasteiger charge is -2.17. The third-order valence-electron chi connectivity index (χ3n) is 5.13. The van der Waals surface area contributed by atoms with E-state index in [0.717, 1.165) is 5.56 Å². The molecule has 0 amide bonds. The van der Waals surface area contributed by atoms with Crippen molar-refractivity contribution in [1.29, 1.82) is 0 Å². The average molecular weight is 436 g/mol. The van der Waals surface area contributed by atoms with Gasteiger partial charge in [0, 0.05) is 18.0 Å². The van der Waals surface area contributed by atoms with Crippen LogP contribution in [-0.4, -0.2) is 20.1 Å². The molecule has 0 saturated heterocycles. The maximum Gasteiger partial charge on any atom is 0.339 e. The molecule has 4 rings (SSSR count). The minimum absolute atomic E-state index is 0.00818. The molecule has 0 radical (unpaired) electrons. The van der Waals surface area contributed by atoms with E-state index < -0.39 is 15.7 Å². The first kappa shape index (κ1) is 20.7. The van der Waals surface area contributed by atoms with Crippen LogP contribution in [0.15, 0.2) is 82.5 Å². The minimum Gasteiger partial charge on any atom is -0.496 e. The molecule has 0 saturated carbocycles. The number of aryl methyl sites for hydroxylation is 2. The first-order chi connectivity index (χ1) is 14.8. The summed E-state index contributed by atoms with van der Waals surface area (Å²) in [6.45, 7) is 1.87. The number of hydrogen-bond acceptors (Lipinski definition) is 5. The predicted octanol–water partition coefficient (Wildman–Crippen LogP) is 4.29. The summed E-state index contributed by atoms with van der Waals surface area (Å²) >= 11 is 0. The third-order valence-corrected chi connectivity index (χ3v) is 6.37. The van der Waals surface area contributed by atoms with Crippen LogP contribution in [0, 0.1) is 6.92 Å². The molecule has 1 aromatic heterocycles. The van der Waals surface area contributed by atoms with E-state index in [9.17, 15) is 13.2 Å². The van der Waals surface area contributed by atoms with Gasteiger partial charge in [-0.05, 0) is 37.3 Å². The van der Waals surface area contributed by atoms with Crippen LogP contribution in [0.4, 0.5) is 0 Å². The van der Waals surface area contributed by atoms with Crippen LogP contribution in [-0.2, 0) is 17.2 Å². The van der Waals surface area contributed by atoms with Crippen LogP contribution in [0.2, 0.25) is 0 Å². The van der Waals surface area contributed by atoms with Crippen LogP contribution >= 0.6 is 0 Å². The molecule has 0 aliphatic carbocycles. The second kappa shape index (κ2) is 7.92. The van der Waals surface area contributed by atoms with Gasteiger partial charge in [-0.1, -0.05) is 48.0 Å². The van der Waals surface area contributed by atoms with Gasteiger partial charge in [0.2, 0.25) is 0 Å². The van der Waals surface area contributed by atoms with Crippen molar-refractivity contribution in [3.63, 3.8) is 0 Å². The fourth-order valence-corrected chi connectivity index (χ4v) is 4.46. The number of fused-ring (bicyclic) bond motifs is 1. The van der Waals surface area contributed by atoms with E-state index in [4.69, 9.17) is 8.92 Å². The highest BCUT2D eigenvalue weighted by atomic mass is 32.2. The quantitative estimate of drug-likeness (QED) is 0.437. The molecule has 6 nitrogen and oxygen atoms in total. The van der Waals surface area contributed by atoms with Crippen molar-refractivity contribution in [3.05, 3.63) is 88.7 Å². The van der Waals surface area contributed by atoms with Gasteiger partial charge < -0.3 is 13.5 Å². The minimum atomic E-state index is -4.19. The lowest BCUT2D eigenvalue weighted by atomic mass is 10.0. The van der Waals surface area contributed by atoms with Gasteiger partial charge >= 0.3 is 10.1 Å². The Morgan fingerprint density at radius 2 is 1.52 bits per heavy atom. The zero-order chi connectivity index (χ0) is 22.2. The maximum absolute atomic E-state index is 13.4. The molecule has 0 spiro atoms. The van der Waals surface area contributed by atoms with Gasteiger partial charge in [0.15, 0.2) is 5.75 Å². The van der Waals surface area contributed by atoms with Gasteiger partial charge in [0.25, 0.3) is 5.56 Å². The molecule has 0 N–H and O–H groups in total. The highest BCUT2D eigenvalue weighted by molar-refractivity contribution is 7.87. The van der Waals surface area contributed by atoms with Crippen LogP contribution in [0.1, 0.15) is 5.56 Å². The van der Waals surface area contributed by atoms with Crippen molar-refractivity contribution in [2.45, 2.75) is 11.8 Å². The van der Waals surface area contributed by atoms with Crippen molar-refractivity contribution >= 4 is 21.0 Å². The van der Waals surface area contributed by atoms with Crippen molar-refractivity contribution in [2.75, 3.05) is 7.11 Å². The van der Waals surface area contributed by atoms with Gasteiger partial charge in [-0.25, -0.2) is 0 Å². The molecule has 0 fully saturated rings. The van der Waals surface area contributed by atoms with E-state index >= 15 is 0 Å². The topological polar surface area (TPSA) is 74.6 Å². The van der Waals surface area contributed by atoms with Crippen molar-refractivity contribution < 1.29 is 17.3 Å². The lowest BCUT2D eigenvalue weighted by Crippen LogP contribution is -2.22. The van der Waals surface area contributed by atoms with Crippen LogP contribution < -0.4 is 14.5 Å². The normalized spacial score (nSPS) is 11.5. The Morgan fingerprint density at radius 1 is 0.871 bits per heavy atom. The first-order valence-electron chi connectivity index (χ1n) is 9.60. The summed E-state index contributed by atoms with van der Waals surface area (Å²) in [6, 6.07) is 20.3. The predicted molar refractivity (Wildman–Crippen MR) is 120 cm³/mol. The molecule has 0 atom stereocenters. The van der Waals surface area contributed by atoms with E-state index in [2.05, 4.69) is 0 Å². The third kappa shape index (κ3) is 3.68. The Kier molecular flexibility index (Phi) is 5.29. The summed E-state index contributed by atoms with van der Waals surface area (Å²) in [7, 11) is -1.06. The molecule has 0 aliphatic heterocycles. The summed E-state index contributed by atoms with van der Waals surface area (Å²) < 4.78 is 38.8. The van der Waals surface area contributed by atoms with E-state index in [1.54, 1.807) is 67.7 Å². The summed E-state index contributed by atoms with van der Waals surface area (Å²) in [6.07, 6.45) is 0. The number of pyridine rings is 1. The number of benzene rings is 3. The number of para-hydroxylation sites is 2. The maximum atomic E-state index is 13.4. The van der Waals surface area contributed by atoms with Gasteiger partial charge in [0.1, 0.15) is 10.6 Å². The second-order valence-electron chi connectivity index (χ2n) is 7.14. The van der Waals surface area contributed by atoms with Gasteiger partial charge in [0.05, 0.1) is 18.2 Å². The molecule has 1 heterocycles. The highest BCUT2D eigenvalue weighted by Crippen LogP contribution is 2.39. The van der Waals surface area contributed by atoms with E-state index in [1.807, 2.05) is 6.92 Å². The Hall–Kier alpha value is -3.58. The molecule has 0 aliphatic rings.